The Balaban J connectivity index is 2.48. The van der Waals surface area contributed by atoms with Crippen LogP contribution in [0, 0.1) is 5.92 Å². The molecule has 0 radical (unpaired) electrons. The molecule has 0 amide bonds. The van der Waals surface area contributed by atoms with Crippen molar-refractivity contribution in [3.63, 3.8) is 0 Å². The van der Waals surface area contributed by atoms with Crippen LogP contribution in [0.3, 0.4) is 0 Å². The average molecular weight is 155 g/mol. The molecule has 0 aromatic carbocycles. The first kappa shape index (κ1) is 6.17. The third kappa shape index (κ3) is 0.906. The SMILES string of the molecule is O=C(O)[C@H]1CC1(Cl)Cl. The van der Waals surface area contributed by atoms with E-state index < -0.39 is 16.2 Å². The molecule has 0 saturated heterocycles. The fourth-order valence-electron chi connectivity index (χ4n) is 0.481. The van der Waals surface area contributed by atoms with Crippen LogP contribution in [0.5, 0.6) is 0 Å². The first-order valence-electron chi connectivity index (χ1n) is 2.14. The van der Waals surface area contributed by atoms with Gasteiger partial charge in [0.05, 0.1) is 5.92 Å². The molecule has 1 rings (SSSR count). The summed E-state index contributed by atoms with van der Waals surface area (Å²) in [4.78, 5) is 10.0. The van der Waals surface area contributed by atoms with Gasteiger partial charge in [0.25, 0.3) is 0 Å². The average Bonchev–Trinajstić information content (AvgIpc) is 2.13. The van der Waals surface area contributed by atoms with E-state index in [1.165, 1.54) is 0 Å². The molecule has 0 aliphatic heterocycles. The van der Waals surface area contributed by atoms with Gasteiger partial charge in [0, 0.05) is 0 Å². The molecule has 0 unspecified atom stereocenters. The number of alkyl halides is 2. The Kier molecular flexibility index (Phi) is 1.17. The number of halogens is 2. The maximum Gasteiger partial charge on any atom is 0.309 e. The van der Waals surface area contributed by atoms with E-state index in [0.717, 1.165) is 0 Å². The maximum absolute atomic E-state index is 10.0. The van der Waals surface area contributed by atoms with Crippen LogP contribution < -0.4 is 0 Å². The highest BCUT2D eigenvalue weighted by Gasteiger charge is 2.56. The largest absolute Gasteiger partial charge is 0.481 e. The zero-order chi connectivity index (χ0) is 6.36. The van der Waals surface area contributed by atoms with Gasteiger partial charge in [-0.25, -0.2) is 0 Å². The lowest BCUT2D eigenvalue weighted by Gasteiger charge is -1.88. The van der Waals surface area contributed by atoms with Crippen molar-refractivity contribution in [2.45, 2.75) is 10.8 Å². The Bertz CT molecular complexity index is 132. The molecular weight excluding hydrogens is 151 g/mol. The number of carboxylic acid groups (broad SMARTS) is 1. The van der Waals surface area contributed by atoms with Crippen molar-refractivity contribution in [1.82, 2.24) is 0 Å². The van der Waals surface area contributed by atoms with Crippen LogP contribution in [0.1, 0.15) is 6.42 Å². The lowest BCUT2D eigenvalue weighted by Crippen LogP contribution is -2.03. The summed E-state index contributed by atoms with van der Waals surface area (Å²) in [7, 11) is 0. The number of hydrogen-bond acceptors (Lipinski definition) is 1. The number of hydrogen-bond donors (Lipinski definition) is 1. The lowest BCUT2D eigenvalue weighted by molar-refractivity contribution is -0.138. The molecule has 0 heterocycles. The Morgan fingerprint density at radius 2 is 2.12 bits per heavy atom. The molecule has 1 saturated carbocycles. The highest BCUT2D eigenvalue weighted by atomic mass is 35.5. The second-order valence-corrected chi connectivity index (χ2v) is 3.40. The van der Waals surface area contributed by atoms with Gasteiger partial charge in [0.2, 0.25) is 0 Å². The summed E-state index contributed by atoms with van der Waals surface area (Å²) in [5, 5.41) is 8.22. The standard InChI is InChI=1S/C4H4Cl2O2/c5-4(6)1-2(4)3(7)8/h2H,1H2,(H,7,8)/t2-/m1/s1. The van der Waals surface area contributed by atoms with E-state index in [4.69, 9.17) is 28.3 Å². The van der Waals surface area contributed by atoms with Crippen LogP contribution >= 0.6 is 23.2 Å². The Labute approximate surface area is 56.4 Å². The smallest absolute Gasteiger partial charge is 0.309 e. The topological polar surface area (TPSA) is 37.3 Å². The van der Waals surface area contributed by atoms with Crippen LogP contribution in [-0.4, -0.2) is 15.4 Å². The molecule has 1 aliphatic carbocycles. The molecular formula is C4H4Cl2O2. The summed E-state index contributed by atoms with van der Waals surface area (Å²) in [5.41, 5.74) is 0. The van der Waals surface area contributed by atoms with Crippen LogP contribution in [0.4, 0.5) is 0 Å². The monoisotopic (exact) mass is 154 g/mol. The quantitative estimate of drug-likeness (QED) is 0.578. The minimum absolute atomic E-state index is 0.380. The molecule has 46 valence electrons. The van der Waals surface area contributed by atoms with Gasteiger partial charge in [-0.1, -0.05) is 0 Å². The summed E-state index contributed by atoms with van der Waals surface area (Å²) >= 11 is 10.8. The Morgan fingerprint density at radius 3 is 2.12 bits per heavy atom. The molecule has 1 atom stereocenters. The van der Waals surface area contributed by atoms with Crippen LogP contribution in [0.15, 0.2) is 0 Å². The van der Waals surface area contributed by atoms with Gasteiger partial charge in [-0.05, 0) is 6.42 Å². The van der Waals surface area contributed by atoms with E-state index in [9.17, 15) is 4.79 Å². The first-order chi connectivity index (χ1) is 3.54. The first-order valence-corrected chi connectivity index (χ1v) is 2.90. The van der Waals surface area contributed by atoms with Gasteiger partial charge in [0.15, 0.2) is 0 Å². The zero-order valence-electron chi connectivity index (χ0n) is 3.90. The van der Waals surface area contributed by atoms with Crippen LogP contribution in [0.2, 0.25) is 0 Å². The van der Waals surface area contributed by atoms with Crippen molar-refractivity contribution in [3.8, 4) is 0 Å². The van der Waals surface area contributed by atoms with E-state index in [1.54, 1.807) is 0 Å². The highest BCUT2D eigenvalue weighted by Crippen LogP contribution is 2.53. The van der Waals surface area contributed by atoms with Gasteiger partial charge in [-0.2, -0.15) is 0 Å². The Hall–Kier alpha value is 0.0500. The summed E-state index contributed by atoms with van der Waals surface area (Å²) in [6, 6.07) is 0. The molecule has 0 bridgehead atoms. The second-order valence-electron chi connectivity index (χ2n) is 1.86. The summed E-state index contributed by atoms with van der Waals surface area (Å²) in [6.45, 7) is 0. The van der Waals surface area contributed by atoms with Gasteiger partial charge >= 0.3 is 5.97 Å². The molecule has 1 N–H and O–H groups in total. The van der Waals surface area contributed by atoms with Crippen molar-refractivity contribution in [2.24, 2.45) is 5.92 Å². The van der Waals surface area contributed by atoms with E-state index in [-0.39, 0.29) is 0 Å². The molecule has 0 spiro atoms. The number of carbonyl (C=O) groups is 1. The van der Waals surface area contributed by atoms with E-state index in [0.29, 0.717) is 6.42 Å². The van der Waals surface area contributed by atoms with Gasteiger partial charge in [-0.3, -0.25) is 4.79 Å². The van der Waals surface area contributed by atoms with E-state index in [2.05, 4.69) is 0 Å². The second kappa shape index (κ2) is 1.52. The number of rotatable bonds is 1. The van der Waals surface area contributed by atoms with Gasteiger partial charge < -0.3 is 5.11 Å². The van der Waals surface area contributed by atoms with E-state index in [1.807, 2.05) is 0 Å². The van der Waals surface area contributed by atoms with Crippen LogP contribution in [0.25, 0.3) is 0 Å². The lowest BCUT2D eigenvalue weighted by atomic mass is 10.4. The fraction of sp³-hybridized carbons (Fsp3) is 0.750. The molecule has 4 heteroatoms. The molecule has 0 aromatic rings. The molecule has 8 heavy (non-hydrogen) atoms. The van der Waals surface area contributed by atoms with Gasteiger partial charge in [-0.15, -0.1) is 23.2 Å². The third-order valence-electron chi connectivity index (χ3n) is 1.12. The highest BCUT2D eigenvalue weighted by molar-refractivity contribution is 6.52. The zero-order valence-corrected chi connectivity index (χ0v) is 5.41. The fourth-order valence-corrected chi connectivity index (χ4v) is 0.976. The third-order valence-corrected chi connectivity index (χ3v) is 1.96. The molecule has 0 aromatic heterocycles. The van der Waals surface area contributed by atoms with Crippen LogP contribution in [-0.2, 0) is 4.79 Å². The normalized spacial score (nSPS) is 32.0. The van der Waals surface area contributed by atoms with Crippen molar-refractivity contribution >= 4 is 29.2 Å². The predicted octanol–water partition coefficient (Wildman–Crippen LogP) is 1.26. The summed E-state index contributed by atoms with van der Waals surface area (Å²) in [6.07, 6.45) is 0.380. The van der Waals surface area contributed by atoms with Gasteiger partial charge in [0.1, 0.15) is 4.33 Å². The minimum Gasteiger partial charge on any atom is -0.481 e. The van der Waals surface area contributed by atoms with Crippen molar-refractivity contribution in [1.29, 1.82) is 0 Å². The summed E-state index contributed by atoms with van der Waals surface area (Å²) < 4.78 is -0.966. The van der Waals surface area contributed by atoms with Crippen molar-refractivity contribution in [2.75, 3.05) is 0 Å². The van der Waals surface area contributed by atoms with Crippen molar-refractivity contribution in [3.05, 3.63) is 0 Å². The van der Waals surface area contributed by atoms with E-state index >= 15 is 0 Å². The minimum atomic E-state index is -0.966. The molecule has 1 fully saturated rings. The number of aliphatic carboxylic acids is 1. The summed E-state index contributed by atoms with van der Waals surface area (Å²) in [5.74, 6) is -1.44. The van der Waals surface area contributed by atoms with Crippen molar-refractivity contribution < 1.29 is 9.90 Å². The Morgan fingerprint density at radius 1 is 1.75 bits per heavy atom. The predicted molar refractivity (Wildman–Crippen MR) is 30.2 cm³/mol. The number of carboxylic acids is 1. The molecule has 1 aliphatic rings. The molecule has 2 nitrogen and oxygen atoms in total. The maximum atomic E-state index is 10.0.